The molecule has 2 aromatic heterocycles. The summed E-state index contributed by atoms with van der Waals surface area (Å²) in [6, 6.07) is 50.6. The van der Waals surface area contributed by atoms with Gasteiger partial charge in [-0.25, -0.2) is 14.2 Å². The van der Waals surface area contributed by atoms with Gasteiger partial charge in [-0.05, 0) is 75.9 Å². The minimum Gasteiger partial charge on any atom is -1.00 e. The van der Waals surface area contributed by atoms with Crippen molar-refractivity contribution in [3.05, 3.63) is 238 Å². The largest absolute Gasteiger partial charge is 1.00 e. The number of methoxy groups -OCH3 is 3. The minimum atomic E-state index is -1.13. The van der Waals surface area contributed by atoms with Crippen molar-refractivity contribution in [1.82, 2.24) is 15.2 Å². The molecule has 2 amide bonds. The first kappa shape index (κ1) is 64.2. The van der Waals surface area contributed by atoms with Gasteiger partial charge in [-0.15, -0.1) is 23.1 Å². The Morgan fingerprint density at radius 1 is 0.773 bits per heavy atom. The van der Waals surface area contributed by atoms with E-state index in [1.54, 1.807) is 36.8 Å². The van der Waals surface area contributed by atoms with E-state index in [0.717, 1.165) is 27.6 Å². The number of ether oxygens (including phenoxy) is 8. The van der Waals surface area contributed by atoms with E-state index >= 15 is 9.18 Å². The normalized spacial score (nSPS) is 14.8. The van der Waals surface area contributed by atoms with Gasteiger partial charge in [0.2, 0.25) is 5.52 Å². The number of pyridine rings is 1. The van der Waals surface area contributed by atoms with Crippen molar-refractivity contribution in [2.75, 3.05) is 72.4 Å². The zero-order valence-corrected chi connectivity index (χ0v) is 52.2. The highest BCUT2D eigenvalue weighted by molar-refractivity contribution is 8.00. The number of halogens is 2. The fourth-order valence-electron chi connectivity index (χ4n) is 9.91. The molecular weight excluding hydrogens is 1280 g/mol. The topological polar surface area (TPSA) is 191 Å². The molecule has 2 aliphatic heterocycles. The Labute approximate surface area is 534 Å². The maximum atomic E-state index is 16.0. The minimum absolute atomic E-state index is 0. The summed E-state index contributed by atoms with van der Waals surface area (Å²) in [5.41, 5.74) is 4.20. The van der Waals surface area contributed by atoms with Crippen LogP contribution in [0.15, 0.2) is 204 Å². The Kier molecular flexibility index (Phi) is 23.1. The summed E-state index contributed by atoms with van der Waals surface area (Å²) in [4.78, 5) is 56.4. The van der Waals surface area contributed by atoms with Crippen LogP contribution in [-0.4, -0.2) is 112 Å². The Morgan fingerprint density at radius 2 is 1.41 bits per heavy atom. The van der Waals surface area contributed by atoms with Crippen molar-refractivity contribution in [2.45, 2.75) is 36.7 Å². The molecule has 0 radical (unpaired) electrons. The van der Waals surface area contributed by atoms with Gasteiger partial charge in [0.25, 0.3) is 11.8 Å². The molecule has 88 heavy (non-hydrogen) atoms. The molecule has 456 valence electrons. The number of carbonyl (C=O) groups is 3. The number of thioether (sulfide) groups is 1. The van der Waals surface area contributed by atoms with Crippen molar-refractivity contribution in [3.8, 4) is 17.2 Å². The standard InChI is InChI=1S/C66H63FN6O12S2.HI/c1-77-33-35-80-43-83-56-38-46(37-53(67)60(56)84-44-81-36-34-78-2)40-85-71-57(54-42-87-65(68-54)70-66(49-20-7-4-8-21-49,50-22-9-5-10-23-50)51-24-11-6-12-25-51)61(74)69-58-62(75)73-59(64(76)82-39-45-27-29-52(79-3)30-28-45)48(41-86-63(58)73)19-16-32-72-31-15-18-47-17-13-14-26-55(47)72;/h4-31,37-38,42,58,63H,32-36,39-41,43-44H2,1-3H3,(H-,68,69,70,74);1H. The number of amides is 2. The van der Waals surface area contributed by atoms with Crippen molar-refractivity contribution >= 4 is 62.6 Å². The summed E-state index contributed by atoms with van der Waals surface area (Å²) >= 11 is 2.61. The van der Waals surface area contributed by atoms with E-state index in [2.05, 4.69) is 20.4 Å². The van der Waals surface area contributed by atoms with Crippen LogP contribution >= 0.6 is 23.1 Å². The lowest BCUT2D eigenvalue weighted by atomic mass is 9.77. The van der Waals surface area contributed by atoms with Crippen LogP contribution in [0.4, 0.5) is 9.52 Å². The SMILES string of the molecule is COCCOCOc1cc(CON=C(C(=O)NC2C(=O)N3C(C(=O)OCc4ccc(OC)cc4)=C(C=CC[n+]4cccc5ccccc54)CSC23)c2csc(NC(c3ccccc3)(c3ccccc3)c3ccccc3)n2)cc(F)c1OCOCCOC.[I-]. The first-order valence-electron chi connectivity index (χ1n) is 27.8. The van der Waals surface area contributed by atoms with Crippen LogP contribution in [0.2, 0.25) is 0 Å². The molecule has 0 saturated carbocycles. The number of allylic oxidation sites excluding steroid dienone is 2. The van der Waals surface area contributed by atoms with Crippen LogP contribution in [-0.2, 0) is 68.2 Å². The summed E-state index contributed by atoms with van der Waals surface area (Å²) in [5, 5.41) is 13.5. The lowest BCUT2D eigenvalue weighted by molar-refractivity contribution is -0.661. The predicted octanol–water partition coefficient (Wildman–Crippen LogP) is 6.71. The van der Waals surface area contributed by atoms with Crippen molar-refractivity contribution < 1.29 is 90.1 Å². The Hall–Kier alpha value is -8.23. The van der Waals surface area contributed by atoms with Crippen LogP contribution in [0.3, 0.4) is 0 Å². The quantitative estimate of drug-likeness (QED) is 0.00556. The summed E-state index contributed by atoms with van der Waals surface area (Å²) < 4.78 is 61.8. The average Bonchev–Trinajstić information content (AvgIpc) is 0.941. The fourth-order valence-corrected chi connectivity index (χ4v) is 12.0. The van der Waals surface area contributed by atoms with Gasteiger partial charge in [0, 0.05) is 42.9 Å². The van der Waals surface area contributed by atoms with Gasteiger partial charge >= 0.3 is 5.97 Å². The molecule has 1 saturated heterocycles. The summed E-state index contributed by atoms with van der Waals surface area (Å²) in [6.45, 7) is 0.483. The van der Waals surface area contributed by atoms with Crippen molar-refractivity contribution in [2.24, 2.45) is 5.16 Å². The number of anilines is 1. The second-order valence-corrected chi connectivity index (χ2v) is 21.7. The highest BCUT2D eigenvalue weighted by Crippen LogP contribution is 2.43. The lowest BCUT2D eigenvalue weighted by Crippen LogP contribution is -3.00. The Bertz CT molecular complexity index is 3630. The molecule has 2 aliphatic rings. The molecule has 2 atom stereocenters. The average molecular weight is 1340 g/mol. The summed E-state index contributed by atoms with van der Waals surface area (Å²) in [7, 11) is 4.63. The number of hydrogen-bond acceptors (Lipinski definition) is 17. The molecule has 8 aromatic rings. The zero-order chi connectivity index (χ0) is 60.4. The molecule has 6 aromatic carbocycles. The summed E-state index contributed by atoms with van der Waals surface area (Å²) in [5.74, 6) is -2.17. The van der Waals surface area contributed by atoms with Gasteiger partial charge in [-0.2, -0.15) is 4.57 Å². The number of esters is 1. The number of carbonyl (C=O) groups excluding carboxylic acids is 3. The molecule has 0 bridgehead atoms. The number of nitrogens with one attached hydrogen (secondary N) is 2. The first-order valence-corrected chi connectivity index (χ1v) is 29.8. The van der Waals surface area contributed by atoms with Crippen LogP contribution < -0.4 is 53.4 Å². The van der Waals surface area contributed by atoms with Crippen LogP contribution in [0, 0.1) is 5.82 Å². The molecule has 22 heteroatoms. The van der Waals surface area contributed by atoms with Crippen molar-refractivity contribution in [1.29, 1.82) is 0 Å². The van der Waals surface area contributed by atoms with Gasteiger partial charge in [-0.1, -0.05) is 126 Å². The molecule has 0 aliphatic carbocycles. The maximum Gasteiger partial charge on any atom is 0.355 e. The third-order valence-electron chi connectivity index (χ3n) is 14.2. The predicted molar refractivity (Wildman–Crippen MR) is 327 cm³/mol. The highest BCUT2D eigenvalue weighted by Gasteiger charge is 2.54. The van der Waals surface area contributed by atoms with Gasteiger partial charge in [-0.3, -0.25) is 14.5 Å². The maximum absolute atomic E-state index is 16.0. The van der Waals surface area contributed by atoms with E-state index in [1.165, 1.54) is 54.4 Å². The monoisotopic (exact) mass is 1340 g/mol. The van der Waals surface area contributed by atoms with Crippen LogP contribution in [0.5, 0.6) is 17.2 Å². The molecule has 2 unspecified atom stereocenters. The zero-order valence-electron chi connectivity index (χ0n) is 48.4. The third kappa shape index (κ3) is 15.4. The molecule has 18 nitrogen and oxygen atoms in total. The van der Waals surface area contributed by atoms with Gasteiger partial charge in [0.15, 0.2) is 54.5 Å². The van der Waals surface area contributed by atoms with Crippen LogP contribution in [0.25, 0.3) is 10.9 Å². The van der Waals surface area contributed by atoms with E-state index < -0.39 is 40.6 Å². The van der Waals surface area contributed by atoms with E-state index in [1.807, 2.05) is 146 Å². The van der Waals surface area contributed by atoms with Crippen LogP contribution in [0.1, 0.15) is 33.5 Å². The van der Waals surface area contributed by atoms with E-state index in [0.29, 0.717) is 47.5 Å². The molecule has 4 heterocycles. The van der Waals surface area contributed by atoms with Crippen molar-refractivity contribution in [3.63, 3.8) is 0 Å². The molecule has 10 rings (SSSR count). The van der Waals surface area contributed by atoms with Gasteiger partial charge < -0.3 is 77.3 Å². The van der Waals surface area contributed by atoms with Gasteiger partial charge in [0.05, 0.1) is 33.5 Å². The Balaban J connectivity index is 0.00000922. The molecule has 2 N–H and O–H groups in total. The molecule has 0 spiro atoms. The number of nitrogens with zero attached hydrogens (tertiary/aromatic N) is 4. The summed E-state index contributed by atoms with van der Waals surface area (Å²) in [6.07, 6.45) is 5.76. The molecule has 1 fully saturated rings. The number of para-hydroxylation sites is 1. The Morgan fingerprint density at radius 3 is 2.07 bits per heavy atom. The highest BCUT2D eigenvalue weighted by atomic mass is 127. The molecular formula is C66H64FIN6O12S2. The van der Waals surface area contributed by atoms with E-state index in [4.69, 9.17) is 47.7 Å². The fraction of sp³-hybridized carbons (Fsp3) is 0.242. The number of fused-ring (bicyclic) bond motifs is 2. The lowest BCUT2D eigenvalue weighted by Gasteiger charge is -2.49. The number of oxime groups is 1. The van der Waals surface area contributed by atoms with Gasteiger partial charge in [0.1, 0.15) is 47.3 Å². The number of rotatable bonds is 30. The number of hydrogen-bond donors (Lipinski definition) is 2. The van der Waals surface area contributed by atoms with E-state index in [-0.39, 0.29) is 98.2 Å². The number of benzene rings is 6. The second kappa shape index (κ2) is 31.6. The number of aromatic nitrogens is 2. The smallest absolute Gasteiger partial charge is 0.355 e. The number of thiazole rings is 1. The third-order valence-corrected chi connectivity index (χ3v) is 16.3. The first-order chi connectivity index (χ1) is 42.7. The number of β-lactam (4-membered cyclic amide) rings is 1. The second-order valence-electron chi connectivity index (χ2n) is 19.7. The van der Waals surface area contributed by atoms with E-state index in [9.17, 15) is 9.59 Å².